The van der Waals surface area contributed by atoms with Gasteiger partial charge >= 0.3 is 0 Å². The molecule has 3 nitrogen and oxygen atoms in total. The van der Waals surface area contributed by atoms with E-state index in [0.29, 0.717) is 13.1 Å². The van der Waals surface area contributed by atoms with Gasteiger partial charge in [-0.15, -0.1) is 0 Å². The minimum Gasteiger partial charge on any atom is -0.341 e. The van der Waals surface area contributed by atoms with Crippen molar-refractivity contribution in [1.82, 2.24) is 4.90 Å². The molecule has 1 rings (SSSR count). The SMILES string of the molecule is Cc1ccccc1CN(C)C(=O)C(C)CN. The van der Waals surface area contributed by atoms with Gasteiger partial charge in [-0.2, -0.15) is 0 Å². The van der Waals surface area contributed by atoms with E-state index in [1.54, 1.807) is 4.90 Å². The van der Waals surface area contributed by atoms with Crippen molar-refractivity contribution < 1.29 is 4.79 Å². The number of hydrogen-bond acceptors (Lipinski definition) is 2. The molecule has 1 unspecified atom stereocenters. The first-order valence-electron chi connectivity index (χ1n) is 5.55. The third-order valence-electron chi connectivity index (χ3n) is 2.82. The Morgan fingerprint density at radius 3 is 2.62 bits per heavy atom. The summed E-state index contributed by atoms with van der Waals surface area (Å²) in [7, 11) is 1.82. The molecule has 0 aliphatic heterocycles. The molecule has 88 valence electrons. The summed E-state index contributed by atoms with van der Waals surface area (Å²) in [6, 6.07) is 8.10. The fraction of sp³-hybridized carbons (Fsp3) is 0.462. The van der Waals surface area contributed by atoms with Gasteiger partial charge in [-0.3, -0.25) is 4.79 Å². The van der Waals surface area contributed by atoms with Crippen LogP contribution >= 0.6 is 0 Å². The number of amides is 1. The molecule has 0 aliphatic carbocycles. The normalized spacial score (nSPS) is 12.2. The lowest BCUT2D eigenvalue weighted by Crippen LogP contribution is -2.34. The van der Waals surface area contributed by atoms with Crippen LogP contribution in [0.25, 0.3) is 0 Å². The van der Waals surface area contributed by atoms with E-state index in [2.05, 4.69) is 13.0 Å². The highest BCUT2D eigenvalue weighted by atomic mass is 16.2. The number of carbonyl (C=O) groups excluding carboxylic acids is 1. The Morgan fingerprint density at radius 1 is 1.44 bits per heavy atom. The van der Waals surface area contributed by atoms with Gasteiger partial charge in [0.25, 0.3) is 0 Å². The monoisotopic (exact) mass is 220 g/mol. The number of hydrogen-bond donors (Lipinski definition) is 1. The predicted octanol–water partition coefficient (Wildman–Crippen LogP) is 1.55. The van der Waals surface area contributed by atoms with E-state index >= 15 is 0 Å². The zero-order valence-electron chi connectivity index (χ0n) is 10.2. The molecule has 1 atom stereocenters. The maximum atomic E-state index is 11.8. The number of nitrogens with two attached hydrogens (primary N) is 1. The van der Waals surface area contributed by atoms with Crippen molar-refractivity contribution in [1.29, 1.82) is 0 Å². The number of benzene rings is 1. The van der Waals surface area contributed by atoms with Crippen molar-refractivity contribution >= 4 is 5.91 Å². The summed E-state index contributed by atoms with van der Waals surface area (Å²) in [5, 5.41) is 0. The quantitative estimate of drug-likeness (QED) is 0.836. The fourth-order valence-corrected chi connectivity index (χ4v) is 1.60. The van der Waals surface area contributed by atoms with Crippen molar-refractivity contribution in [2.45, 2.75) is 20.4 Å². The molecule has 2 N–H and O–H groups in total. The summed E-state index contributed by atoms with van der Waals surface area (Å²) in [5.41, 5.74) is 7.88. The summed E-state index contributed by atoms with van der Waals surface area (Å²) >= 11 is 0. The summed E-state index contributed by atoms with van der Waals surface area (Å²) < 4.78 is 0. The second-order valence-electron chi connectivity index (χ2n) is 4.26. The molecular formula is C13H20N2O. The number of carbonyl (C=O) groups is 1. The Morgan fingerprint density at radius 2 is 2.06 bits per heavy atom. The highest BCUT2D eigenvalue weighted by Gasteiger charge is 2.16. The van der Waals surface area contributed by atoms with Crippen molar-refractivity contribution in [3.63, 3.8) is 0 Å². The maximum Gasteiger partial charge on any atom is 0.226 e. The lowest BCUT2D eigenvalue weighted by molar-refractivity contribution is -0.133. The van der Waals surface area contributed by atoms with Gasteiger partial charge in [-0.1, -0.05) is 31.2 Å². The zero-order chi connectivity index (χ0) is 12.1. The molecule has 0 radical (unpaired) electrons. The van der Waals surface area contributed by atoms with Crippen LogP contribution in [-0.4, -0.2) is 24.4 Å². The van der Waals surface area contributed by atoms with Crippen molar-refractivity contribution in [2.24, 2.45) is 11.7 Å². The zero-order valence-corrected chi connectivity index (χ0v) is 10.2. The molecule has 0 heterocycles. The predicted molar refractivity (Wildman–Crippen MR) is 65.9 cm³/mol. The van der Waals surface area contributed by atoms with E-state index in [1.807, 2.05) is 32.2 Å². The van der Waals surface area contributed by atoms with Gasteiger partial charge in [0.05, 0.1) is 0 Å². The maximum absolute atomic E-state index is 11.8. The second kappa shape index (κ2) is 5.66. The van der Waals surface area contributed by atoms with E-state index in [4.69, 9.17) is 5.73 Å². The van der Waals surface area contributed by atoms with Crippen LogP contribution in [0.2, 0.25) is 0 Å². The Labute approximate surface area is 97.2 Å². The molecule has 0 saturated heterocycles. The third kappa shape index (κ3) is 3.07. The summed E-state index contributed by atoms with van der Waals surface area (Å²) in [5.74, 6) is -0.000212. The molecule has 0 spiro atoms. The molecule has 1 aromatic carbocycles. The molecule has 0 saturated carbocycles. The molecular weight excluding hydrogens is 200 g/mol. The Bertz CT molecular complexity index is 363. The summed E-state index contributed by atoms with van der Waals surface area (Å²) in [6.45, 7) is 4.96. The summed E-state index contributed by atoms with van der Waals surface area (Å²) in [4.78, 5) is 13.6. The molecule has 0 fully saturated rings. The van der Waals surface area contributed by atoms with E-state index in [-0.39, 0.29) is 11.8 Å². The van der Waals surface area contributed by atoms with Crippen LogP contribution in [0, 0.1) is 12.8 Å². The topological polar surface area (TPSA) is 46.3 Å². The van der Waals surface area contributed by atoms with Crippen molar-refractivity contribution in [2.75, 3.05) is 13.6 Å². The van der Waals surface area contributed by atoms with Crippen LogP contribution in [0.3, 0.4) is 0 Å². The molecule has 0 bridgehead atoms. The minimum absolute atomic E-state index is 0.103. The van der Waals surface area contributed by atoms with E-state index in [9.17, 15) is 4.79 Å². The highest BCUT2D eigenvalue weighted by molar-refractivity contribution is 5.78. The van der Waals surface area contributed by atoms with Gasteiger partial charge in [-0.05, 0) is 18.1 Å². The Balaban J connectivity index is 2.68. The highest BCUT2D eigenvalue weighted by Crippen LogP contribution is 2.11. The van der Waals surface area contributed by atoms with Crippen LogP contribution in [0.15, 0.2) is 24.3 Å². The van der Waals surface area contributed by atoms with Gasteiger partial charge in [-0.25, -0.2) is 0 Å². The van der Waals surface area contributed by atoms with Crippen LogP contribution in [0.5, 0.6) is 0 Å². The first-order valence-corrected chi connectivity index (χ1v) is 5.55. The first kappa shape index (κ1) is 12.7. The average Bonchev–Trinajstić information content (AvgIpc) is 2.30. The van der Waals surface area contributed by atoms with Gasteiger partial charge < -0.3 is 10.6 Å². The standard InChI is InChI=1S/C13H20N2O/c1-10-6-4-5-7-12(10)9-15(3)13(16)11(2)8-14/h4-7,11H,8-9,14H2,1-3H3. The van der Waals surface area contributed by atoms with Gasteiger partial charge in [0, 0.05) is 26.1 Å². The van der Waals surface area contributed by atoms with Crippen LogP contribution in [0.4, 0.5) is 0 Å². The smallest absolute Gasteiger partial charge is 0.226 e. The minimum atomic E-state index is -0.103. The molecule has 1 amide bonds. The first-order chi connectivity index (χ1) is 7.56. The van der Waals surface area contributed by atoms with Crippen molar-refractivity contribution in [3.05, 3.63) is 35.4 Å². The van der Waals surface area contributed by atoms with Gasteiger partial charge in [0.1, 0.15) is 0 Å². The molecule has 0 aliphatic rings. The second-order valence-corrected chi connectivity index (χ2v) is 4.26. The summed E-state index contributed by atoms with van der Waals surface area (Å²) in [6.07, 6.45) is 0. The fourth-order valence-electron chi connectivity index (χ4n) is 1.60. The van der Waals surface area contributed by atoms with Crippen molar-refractivity contribution in [3.8, 4) is 0 Å². The van der Waals surface area contributed by atoms with E-state index in [1.165, 1.54) is 11.1 Å². The molecule has 0 aromatic heterocycles. The number of aryl methyl sites for hydroxylation is 1. The van der Waals surface area contributed by atoms with Crippen LogP contribution in [0.1, 0.15) is 18.1 Å². The average molecular weight is 220 g/mol. The lowest BCUT2D eigenvalue weighted by atomic mass is 10.1. The van der Waals surface area contributed by atoms with Gasteiger partial charge in [0.15, 0.2) is 0 Å². The Hall–Kier alpha value is -1.35. The number of nitrogens with zero attached hydrogens (tertiary/aromatic N) is 1. The van der Waals surface area contributed by atoms with Crippen LogP contribution in [-0.2, 0) is 11.3 Å². The van der Waals surface area contributed by atoms with Crippen LogP contribution < -0.4 is 5.73 Å². The third-order valence-corrected chi connectivity index (χ3v) is 2.82. The van der Waals surface area contributed by atoms with E-state index in [0.717, 1.165) is 0 Å². The molecule has 1 aromatic rings. The lowest BCUT2D eigenvalue weighted by Gasteiger charge is -2.21. The molecule has 3 heteroatoms. The van der Waals surface area contributed by atoms with E-state index < -0.39 is 0 Å². The van der Waals surface area contributed by atoms with Gasteiger partial charge in [0.2, 0.25) is 5.91 Å². The largest absolute Gasteiger partial charge is 0.341 e. The number of rotatable bonds is 4. The Kier molecular flexibility index (Phi) is 4.50. The molecule has 16 heavy (non-hydrogen) atoms.